The molecule has 1 heterocycles. The summed E-state index contributed by atoms with van der Waals surface area (Å²) >= 11 is 0. The van der Waals surface area contributed by atoms with Crippen LogP contribution in [-0.2, 0) is 16.1 Å². The van der Waals surface area contributed by atoms with E-state index in [9.17, 15) is 9.59 Å². The highest BCUT2D eigenvalue weighted by Crippen LogP contribution is 2.03. The lowest BCUT2D eigenvalue weighted by molar-refractivity contribution is -0.143. The molecule has 94 valence electrons. The number of hydrogen-bond acceptors (Lipinski definition) is 5. The molecule has 0 aromatic carbocycles. The molecule has 17 heavy (non-hydrogen) atoms. The van der Waals surface area contributed by atoms with Gasteiger partial charge in [-0.2, -0.15) is 5.10 Å². The Hall–Kier alpha value is -1.85. The third-order valence-electron chi connectivity index (χ3n) is 2.20. The van der Waals surface area contributed by atoms with Gasteiger partial charge >= 0.3 is 5.97 Å². The summed E-state index contributed by atoms with van der Waals surface area (Å²) in [5, 5.41) is 3.99. The van der Waals surface area contributed by atoms with E-state index in [2.05, 4.69) is 5.10 Å². The monoisotopic (exact) mass is 239 g/mol. The lowest BCUT2D eigenvalue weighted by atomic mass is 10.4. The number of hydrogen-bond donors (Lipinski definition) is 0. The number of anilines is 1. The Labute approximate surface area is 99.8 Å². The molecule has 0 unspecified atom stereocenters. The molecule has 0 bridgehead atoms. The van der Waals surface area contributed by atoms with Gasteiger partial charge in [0.1, 0.15) is 0 Å². The van der Waals surface area contributed by atoms with Gasteiger partial charge in [-0.1, -0.05) is 0 Å². The zero-order valence-corrected chi connectivity index (χ0v) is 10.3. The van der Waals surface area contributed by atoms with Crippen LogP contribution in [0, 0.1) is 0 Å². The second-order valence-corrected chi connectivity index (χ2v) is 3.72. The number of aromatic nitrogens is 2. The third-order valence-corrected chi connectivity index (χ3v) is 2.20. The molecule has 0 spiro atoms. The van der Waals surface area contributed by atoms with Gasteiger partial charge in [0.25, 0.3) is 5.56 Å². The van der Waals surface area contributed by atoms with Gasteiger partial charge in [-0.3, -0.25) is 9.59 Å². The summed E-state index contributed by atoms with van der Waals surface area (Å²) in [5.74, 6) is -0.321. The molecule has 0 N–H and O–H groups in total. The molecule has 0 amide bonds. The summed E-state index contributed by atoms with van der Waals surface area (Å²) in [5.41, 5.74) is 0.517. The second kappa shape index (κ2) is 6.03. The fourth-order valence-corrected chi connectivity index (χ4v) is 1.27. The van der Waals surface area contributed by atoms with Crippen molar-refractivity contribution >= 4 is 11.7 Å². The summed E-state index contributed by atoms with van der Waals surface area (Å²) in [7, 11) is 3.67. The Morgan fingerprint density at radius 2 is 2.24 bits per heavy atom. The quantitative estimate of drug-likeness (QED) is 0.690. The molecule has 1 aromatic rings. The minimum absolute atomic E-state index is 0.155. The topological polar surface area (TPSA) is 64.4 Å². The largest absolute Gasteiger partial charge is 0.466 e. The molecule has 0 saturated carbocycles. The van der Waals surface area contributed by atoms with Gasteiger partial charge in [0, 0.05) is 20.2 Å². The van der Waals surface area contributed by atoms with Crippen molar-refractivity contribution in [2.24, 2.45) is 0 Å². The molecule has 0 radical (unpaired) electrons. The molecule has 1 aromatic heterocycles. The highest BCUT2D eigenvalue weighted by molar-refractivity contribution is 5.69. The average molecular weight is 239 g/mol. The van der Waals surface area contributed by atoms with Crippen LogP contribution in [0.4, 0.5) is 5.69 Å². The summed E-state index contributed by atoms with van der Waals surface area (Å²) in [4.78, 5) is 24.6. The lowest BCUT2D eigenvalue weighted by Gasteiger charge is -2.12. The highest BCUT2D eigenvalue weighted by atomic mass is 16.5. The molecular formula is C11H17N3O3. The maximum atomic E-state index is 11.6. The molecule has 0 saturated heterocycles. The first kappa shape index (κ1) is 13.2. The fraction of sp³-hybridized carbons (Fsp3) is 0.545. The van der Waals surface area contributed by atoms with Gasteiger partial charge in [-0.25, -0.2) is 4.68 Å². The van der Waals surface area contributed by atoms with E-state index >= 15 is 0 Å². The van der Waals surface area contributed by atoms with Crippen LogP contribution in [0.25, 0.3) is 0 Å². The van der Waals surface area contributed by atoms with Crippen LogP contribution >= 0.6 is 0 Å². The standard InChI is InChI=1S/C11H17N3O3/c1-4-17-11(16)5-6-14-10(15)7-9(8-12-14)13(2)3/h7-8H,4-6H2,1-3H3. The van der Waals surface area contributed by atoms with E-state index in [1.165, 1.54) is 10.7 Å². The number of carbonyl (C=O) groups excluding carboxylic acids is 1. The first-order chi connectivity index (χ1) is 8.04. The molecule has 6 nitrogen and oxygen atoms in total. The maximum Gasteiger partial charge on any atom is 0.307 e. The van der Waals surface area contributed by atoms with Gasteiger partial charge in [0.05, 0.1) is 31.5 Å². The van der Waals surface area contributed by atoms with Crippen LogP contribution in [0.5, 0.6) is 0 Å². The molecule has 1 rings (SSSR count). The summed E-state index contributed by atoms with van der Waals surface area (Å²) in [6.07, 6.45) is 1.74. The molecule has 0 aliphatic rings. The predicted octanol–water partition coefficient (Wildman–Crippen LogP) is 0.263. The minimum atomic E-state index is -0.321. The molecule has 6 heteroatoms. The van der Waals surface area contributed by atoms with Gasteiger partial charge < -0.3 is 9.64 Å². The van der Waals surface area contributed by atoms with E-state index in [1.807, 2.05) is 14.1 Å². The van der Waals surface area contributed by atoms with E-state index in [-0.39, 0.29) is 24.5 Å². The van der Waals surface area contributed by atoms with Gasteiger partial charge in [-0.05, 0) is 6.92 Å². The van der Waals surface area contributed by atoms with Crippen LogP contribution in [-0.4, -0.2) is 36.5 Å². The van der Waals surface area contributed by atoms with Gasteiger partial charge in [-0.15, -0.1) is 0 Å². The zero-order chi connectivity index (χ0) is 12.8. The van der Waals surface area contributed by atoms with Crippen molar-refractivity contribution < 1.29 is 9.53 Å². The van der Waals surface area contributed by atoms with Crippen molar-refractivity contribution in [2.45, 2.75) is 19.9 Å². The average Bonchev–Trinajstić information content (AvgIpc) is 2.27. The molecule has 0 fully saturated rings. The van der Waals surface area contributed by atoms with Crippen LogP contribution < -0.4 is 10.5 Å². The van der Waals surface area contributed by atoms with Crippen molar-refractivity contribution in [1.82, 2.24) is 9.78 Å². The van der Waals surface area contributed by atoms with Crippen LogP contribution in [0.15, 0.2) is 17.1 Å². The van der Waals surface area contributed by atoms with Crippen molar-refractivity contribution in [1.29, 1.82) is 0 Å². The zero-order valence-electron chi connectivity index (χ0n) is 10.3. The van der Waals surface area contributed by atoms with Crippen molar-refractivity contribution in [2.75, 3.05) is 25.6 Å². The van der Waals surface area contributed by atoms with Crippen LogP contribution in [0.2, 0.25) is 0 Å². The van der Waals surface area contributed by atoms with Gasteiger partial charge in [0.15, 0.2) is 0 Å². The highest BCUT2D eigenvalue weighted by Gasteiger charge is 2.05. The Morgan fingerprint density at radius 3 is 2.76 bits per heavy atom. The number of esters is 1. The van der Waals surface area contributed by atoms with Gasteiger partial charge in [0.2, 0.25) is 0 Å². The first-order valence-corrected chi connectivity index (χ1v) is 5.44. The van der Waals surface area contributed by atoms with Crippen molar-refractivity contribution in [3.63, 3.8) is 0 Å². The summed E-state index contributed by atoms with van der Waals surface area (Å²) in [6, 6.07) is 1.48. The van der Waals surface area contributed by atoms with E-state index in [1.54, 1.807) is 18.0 Å². The summed E-state index contributed by atoms with van der Waals surface area (Å²) < 4.78 is 6.03. The van der Waals surface area contributed by atoms with Crippen molar-refractivity contribution in [3.05, 3.63) is 22.6 Å². The Morgan fingerprint density at radius 1 is 1.53 bits per heavy atom. The Bertz CT molecular complexity index is 440. The number of aryl methyl sites for hydroxylation is 1. The SMILES string of the molecule is CCOC(=O)CCn1ncc(N(C)C)cc1=O. The first-order valence-electron chi connectivity index (χ1n) is 5.44. The Kier molecular flexibility index (Phi) is 4.68. The normalized spacial score (nSPS) is 10.1. The number of nitrogens with zero attached hydrogens (tertiary/aromatic N) is 3. The smallest absolute Gasteiger partial charge is 0.307 e. The van der Waals surface area contributed by atoms with E-state index < -0.39 is 0 Å². The maximum absolute atomic E-state index is 11.6. The minimum Gasteiger partial charge on any atom is -0.466 e. The number of rotatable bonds is 5. The number of ether oxygens (including phenoxy) is 1. The van der Waals surface area contributed by atoms with Crippen LogP contribution in [0.3, 0.4) is 0 Å². The van der Waals surface area contributed by atoms with Crippen molar-refractivity contribution in [3.8, 4) is 0 Å². The second-order valence-electron chi connectivity index (χ2n) is 3.72. The van der Waals surface area contributed by atoms with E-state index in [0.717, 1.165) is 5.69 Å². The molecule has 0 aliphatic heterocycles. The van der Waals surface area contributed by atoms with E-state index in [0.29, 0.717) is 6.61 Å². The van der Waals surface area contributed by atoms with E-state index in [4.69, 9.17) is 4.74 Å². The molecular weight excluding hydrogens is 222 g/mol. The lowest BCUT2D eigenvalue weighted by Crippen LogP contribution is -2.25. The Balaban J connectivity index is 2.67. The fourth-order valence-electron chi connectivity index (χ4n) is 1.27. The van der Waals surface area contributed by atoms with Crippen LogP contribution in [0.1, 0.15) is 13.3 Å². The molecule has 0 atom stereocenters. The summed E-state index contributed by atoms with van der Waals surface area (Å²) in [6.45, 7) is 2.33. The number of carbonyl (C=O) groups is 1. The third kappa shape index (κ3) is 3.90. The molecule has 0 aliphatic carbocycles. The predicted molar refractivity (Wildman–Crippen MR) is 64.1 cm³/mol.